The van der Waals surface area contributed by atoms with Gasteiger partial charge in [0, 0.05) is 25.7 Å². The second-order valence-corrected chi connectivity index (χ2v) is 7.21. The van der Waals surface area contributed by atoms with Crippen LogP contribution in [0.1, 0.15) is 52.9 Å². The van der Waals surface area contributed by atoms with Gasteiger partial charge >= 0.3 is 0 Å². The van der Waals surface area contributed by atoms with Crippen molar-refractivity contribution in [3.63, 3.8) is 0 Å². The Morgan fingerprint density at radius 3 is 2.53 bits per heavy atom. The summed E-state index contributed by atoms with van der Waals surface area (Å²) < 4.78 is 0. The predicted molar refractivity (Wildman–Crippen MR) is 80.3 cm³/mol. The number of nitrogens with zero attached hydrogens (tertiary/aromatic N) is 1. The molecule has 2 aliphatic rings. The molecule has 0 bridgehead atoms. The van der Waals surface area contributed by atoms with Crippen LogP contribution in [0.25, 0.3) is 0 Å². The Labute approximate surface area is 118 Å². The minimum atomic E-state index is -0.0522. The van der Waals surface area contributed by atoms with Crippen molar-refractivity contribution in [3.05, 3.63) is 0 Å². The summed E-state index contributed by atoms with van der Waals surface area (Å²) in [6.07, 6.45) is 5.95. The van der Waals surface area contributed by atoms with E-state index in [0.29, 0.717) is 11.5 Å². The van der Waals surface area contributed by atoms with Gasteiger partial charge in [0.05, 0.1) is 6.10 Å². The van der Waals surface area contributed by atoms with Gasteiger partial charge in [0.15, 0.2) is 0 Å². The van der Waals surface area contributed by atoms with E-state index in [0.717, 1.165) is 38.4 Å². The van der Waals surface area contributed by atoms with Gasteiger partial charge in [-0.25, -0.2) is 0 Å². The molecule has 112 valence electrons. The number of rotatable bonds is 4. The Hall–Kier alpha value is -0.120. The van der Waals surface area contributed by atoms with Crippen LogP contribution in [0.5, 0.6) is 0 Å². The van der Waals surface area contributed by atoms with Crippen LogP contribution in [-0.4, -0.2) is 48.3 Å². The van der Waals surface area contributed by atoms with Crippen LogP contribution in [0.3, 0.4) is 0 Å². The molecule has 1 aliphatic heterocycles. The zero-order chi connectivity index (χ0) is 13.9. The van der Waals surface area contributed by atoms with Crippen molar-refractivity contribution >= 4 is 0 Å². The SMILES string of the molecule is CCNC1C(CN2CCC(O)CC2)CCCC1(C)C. The van der Waals surface area contributed by atoms with E-state index in [9.17, 15) is 5.11 Å². The van der Waals surface area contributed by atoms with E-state index in [1.165, 1.54) is 25.8 Å². The fourth-order valence-corrected chi connectivity index (χ4v) is 4.07. The van der Waals surface area contributed by atoms with E-state index in [4.69, 9.17) is 0 Å². The van der Waals surface area contributed by atoms with Crippen molar-refractivity contribution in [2.45, 2.75) is 65.0 Å². The molecule has 19 heavy (non-hydrogen) atoms. The molecule has 1 saturated heterocycles. The molecule has 3 nitrogen and oxygen atoms in total. The quantitative estimate of drug-likeness (QED) is 0.821. The monoisotopic (exact) mass is 268 g/mol. The van der Waals surface area contributed by atoms with Gasteiger partial charge in [0.2, 0.25) is 0 Å². The van der Waals surface area contributed by atoms with E-state index in [-0.39, 0.29) is 6.10 Å². The summed E-state index contributed by atoms with van der Waals surface area (Å²) in [5.74, 6) is 0.777. The van der Waals surface area contributed by atoms with Crippen LogP contribution in [0.2, 0.25) is 0 Å². The van der Waals surface area contributed by atoms with E-state index >= 15 is 0 Å². The molecule has 0 aromatic rings. The van der Waals surface area contributed by atoms with Crippen LogP contribution in [0, 0.1) is 11.3 Å². The van der Waals surface area contributed by atoms with Gasteiger partial charge in [-0.2, -0.15) is 0 Å². The third-order valence-electron chi connectivity index (χ3n) is 5.18. The summed E-state index contributed by atoms with van der Waals surface area (Å²) in [4.78, 5) is 2.57. The van der Waals surface area contributed by atoms with Crippen LogP contribution in [0.4, 0.5) is 0 Å². The van der Waals surface area contributed by atoms with E-state index in [1.54, 1.807) is 0 Å². The first-order valence-electron chi connectivity index (χ1n) is 8.16. The minimum Gasteiger partial charge on any atom is -0.393 e. The standard InChI is InChI=1S/C16H32N2O/c1-4-17-15-13(6-5-9-16(15,2)3)12-18-10-7-14(19)8-11-18/h13-15,17,19H,4-12H2,1-3H3. The van der Waals surface area contributed by atoms with Gasteiger partial charge in [-0.3, -0.25) is 0 Å². The number of piperidine rings is 1. The van der Waals surface area contributed by atoms with Gasteiger partial charge in [-0.05, 0) is 43.6 Å². The maximum atomic E-state index is 9.61. The van der Waals surface area contributed by atoms with Gasteiger partial charge < -0.3 is 15.3 Å². The molecular weight excluding hydrogens is 236 g/mol. The maximum Gasteiger partial charge on any atom is 0.0564 e. The molecule has 1 aliphatic carbocycles. The summed E-state index contributed by atoms with van der Waals surface area (Å²) in [6, 6.07) is 0.651. The number of likely N-dealkylation sites (tertiary alicyclic amines) is 1. The summed E-state index contributed by atoms with van der Waals surface area (Å²) >= 11 is 0. The Kier molecular flexibility index (Phi) is 5.27. The number of aliphatic hydroxyl groups is 1. The summed E-state index contributed by atoms with van der Waals surface area (Å²) in [5, 5.41) is 13.4. The third kappa shape index (κ3) is 3.93. The first kappa shape index (κ1) is 15.3. The minimum absolute atomic E-state index is 0.0522. The normalized spacial score (nSPS) is 33.5. The number of aliphatic hydroxyl groups excluding tert-OH is 1. The first-order chi connectivity index (χ1) is 9.03. The summed E-state index contributed by atoms with van der Waals surface area (Å²) in [6.45, 7) is 11.5. The molecule has 2 atom stereocenters. The Morgan fingerprint density at radius 1 is 1.21 bits per heavy atom. The molecule has 3 heteroatoms. The third-order valence-corrected chi connectivity index (χ3v) is 5.18. The zero-order valence-corrected chi connectivity index (χ0v) is 13.0. The molecule has 0 aromatic carbocycles. The van der Waals surface area contributed by atoms with Gasteiger partial charge in [-0.15, -0.1) is 0 Å². The Balaban J connectivity index is 1.93. The largest absolute Gasteiger partial charge is 0.393 e. The average Bonchev–Trinajstić information content (AvgIpc) is 2.36. The lowest BCUT2D eigenvalue weighted by molar-refractivity contribution is 0.0438. The highest BCUT2D eigenvalue weighted by atomic mass is 16.3. The molecule has 0 amide bonds. The molecule has 2 N–H and O–H groups in total. The van der Waals surface area contributed by atoms with E-state index in [2.05, 4.69) is 31.0 Å². The van der Waals surface area contributed by atoms with Crippen LogP contribution < -0.4 is 5.32 Å². The van der Waals surface area contributed by atoms with Crippen molar-refractivity contribution < 1.29 is 5.11 Å². The molecule has 0 spiro atoms. The van der Waals surface area contributed by atoms with Crippen molar-refractivity contribution in [1.82, 2.24) is 10.2 Å². The number of hydrogen-bond donors (Lipinski definition) is 2. The van der Waals surface area contributed by atoms with Gasteiger partial charge in [0.25, 0.3) is 0 Å². The zero-order valence-electron chi connectivity index (χ0n) is 13.0. The van der Waals surface area contributed by atoms with Crippen molar-refractivity contribution in [1.29, 1.82) is 0 Å². The van der Waals surface area contributed by atoms with Gasteiger partial charge in [-0.1, -0.05) is 27.2 Å². The number of nitrogens with one attached hydrogen (secondary N) is 1. The smallest absolute Gasteiger partial charge is 0.0564 e. The van der Waals surface area contributed by atoms with Gasteiger partial charge in [0.1, 0.15) is 0 Å². The van der Waals surface area contributed by atoms with E-state index in [1.807, 2.05) is 0 Å². The topological polar surface area (TPSA) is 35.5 Å². The van der Waals surface area contributed by atoms with Crippen molar-refractivity contribution in [3.8, 4) is 0 Å². The average molecular weight is 268 g/mol. The fraction of sp³-hybridized carbons (Fsp3) is 1.00. The summed E-state index contributed by atoms with van der Waals surface area (Å²) in [5.41, 5.74) is 0.425. The second-order valence-electron chi connectivity index (χ2n) is 7.21. The molecule has 1 saturated carbocycles. The van der Waals surface area contributed by atoms with Crippen LogP contribution in [0.15, 0.2) is 0 Å². The lowest BCUT2D eigenvalue weighted by Crippen LogP contribution is -2.53. The van der Waals surface area contributed by atoms with Crippen molar-refractivity contribution in [2.75, 3.05) is 26.2 Å². The highest BCUT2D eigenvalue weighted by Crippen LogP contribution is 2.39. The maximum absolute atomic E-state index is 9.61. The molecule has 0 radical (unpaired) electrons. The Morgan fingerprint density at radius 2 is 1.89 bits per heavy atom. The lowest BCUT2D eigenvalue weighted by Gasteiger charge is -2.46. The number of hydrogen-bond acceptors (Lipinski definition) is 3. The highest BCUT2D eigenvalue weighted by Gasteiger charge is 2.39. The second kappa shape index (κ2) is 6.55. The fourth-order valence-electron chi connectivity index (χ4n) is 4.07. The lowest BCUT2D eigenvalue weighted by atomic mass is 9.67. The van der Waals surface area contributed by atoms with Crippen molar-refractivity contribution in [2.24, 2.45) is 11.3 Å². The molecule has 1 heterocycles. The predicted octanol–water partition coefficient (Wildman–Crippen LogP) is 2.25. The molecule has 2 fully saturated rings. The molecular formula is C16H32N2O. The van der Waals surface area contributed by atoms with Crippen LogP contribution >= 0.6 is 0 Å². The molecule has 0 aromatic heterocycles. The molecule has 2 unspecified atom stereocenters. The van der Waals surface area contributed by atoms with E-state index < -0.39 is 0 Å². The Bertz CT molecular complexity index is 272. The highest BCUT2D eigenvalue weighted by molar-refractivity contribution is 4.94. The van der Waals surface area contributed by atoms with Crippen LogP contribution in [-0.2, 0) is 0 Å². The molecule has 2 rings (SSSR count). The first-order valence-corrected chi connectivity index (χ1v) is 8.16. The summed E-state index contributed by atoms with van der Waals surface area (Å²) in [7, 11) is 0.